The summed E-state index contributed by atoms with van der Waals surface area (Å²) in [4.78, 5) is 1.29. The second kappa shape index (κ2) is 7.08. The number of thioether (sulfide) groups is 1. The Morgan fingerprint density at radius 3 is 2.32 bits per heavy atom. The Morgan fingerprint density at radius 1 is 1.00 bits per heavy atom. The lowest BCUT2D eigenvalue weighted by molar-refractivity contribution is 0.259. The third-order valence-electron chi connectivity index (χ3n) is 4.03. The van der Waals surface area contributed by atoms with Crippen LogP contribution < -0.4 is 10.6 Å². The first kappa shape index (κ1) is 18.4. The number of thiophene rings is 1. The predicted octanol–water partition coefficient (Wildman–Crippen LogP) is 6.21. The predicted molar refractivity (Wildman–Crippen MR) is 112 cm³/mol. The van der Waals surface area contributed by atoms with Gasteiger partial charge in [0.2, 0.25) is 0 Å². The second-order valence-electron chi connectivity index (χ2n) is 8.48. The van der Waals surface area contributed by atoms with Crippen LogP contribution in [0, 0.1) is 5.41 Å². The molecule has 1 aromatic carbocycles. The molecular weight excluding hydrogens is 344 g/mol. The van der Waals surface area contributed by atoms with Gasteiger partial charge >= 0.3 is 0 Å². The first-order valence-corrected chi connectivity index (χ1v) is 10.5. The molecule has 25 heavy (non-hydrogen) atoms. The normalized spacial score (nSPS) is 18.4. The topological polar surface area (TPSA) is 24.1 Å². The molecule has 0 saturated heterocycles. The van der Waals surface area contributed by atoms with E-state index in [4.69, 9.17) is 0 Å². The molecule has 1 aromatic heterocycles. The lowest BCUT2D eigenvalue weighted by Crippen LogP contribution is -2.41. The van der Waals surface area contributed by atoms with Crippen LogP contribution in [0.2, 0.25) is 0 Å². The average molecular weight is 373 g/mol. The first-order valence-electron chi connectivity index (χ1n) is 8.78. The average Bonchev–Trinajstić information content (AvgIpc) is 3.14. The van der Waals surface area contributed by atoms with Crippen LogP contribution >= 0.6 is 23.1 Å². The summed E-state index contributed by atoms with van der Waals surface area (Å²) in [6, 6.07) is 15.0. The van der Waals surface area contributed by atoms with Gasteiger partial charge in [0.1, 0.15) is 5.37 Å². The summed E-state index contributed by atoms with van der Waals surface area (Å²) in [5, 5.41) is 11.2. The van der Waals surface area contributed by atoms with Crippen molar-refractivity contribution in [3.63, 3.8) is 0 Å². The number of rotatable bonds is 5. The van der Waals surface area contributed by atoms with E-state index in [2.05, 4.69) is 93.1 Å². The van der Waals surface area contributed by atoms with Crippen molar-refractivity contribution in [3.05, 3.63) is 63.3 Å². The quantitative estimate of drug-likeness (QED) is 0.652. The Bertz CT molecular complexity index is 725. The van der Waals surface area contributed by atoms with Gasteiger partial charge in [-0.3, -0.25) is 0 Å². The second-order valence-corrected chi connectivity index (χ2v) is 10.5. The van der Waals surface area contributed by atoms with E-state index < -0.39 is 0 Å². The van der Waals surface area contributed by atoms with E-state index in [1.165, 1.54) is 21.2 Å². The Balaban J connectivity index is 1.86. The molecule has 2 aromatic rings. The lowest BCUT2D eigenvalue weighted by Gasteiger charge is -2.34. The molecule has 1 atom stereocenters. The fraction of sp³-hybridized carbons (Fsp3) is 0.429. The van der Waals surface area contributed by atoms with Gasteiger partial charge in [-0.25, -0.2) is 0 Å². The van der Waals surface area contributed by atoms with E-state index in [1.807, 2.05) is 11.8 Å². The molecule has 0 spiro atoms. The molecule has 2 N–H and O–H groups in total. The highest BCUT2D eigenvalue weighted by Crippen LogP contribution is 2.44. The van der Waals surface area contributed by atoms with Gasteiger partial charge in [0.25, 0.3) is 0 Å². The van der Waals surface area contributed by atoms with E-state index in [-0.39, 0.29) is 16.3 Å². The zero-order valence-corrected chi connectivity index (χ0v) is 17.4. The molecule has 1 aliphatic rings. The van der Waals surface area contributed by atoms with E-state index in [0.29, 0.717) is 0 Å². The van der Waals surface area contributed by atoms with Gasteiger partial charge in [0.05, 0.1) is 15.6 Å². The summed E-state index contributed by atoms with van der Waals surface area (Å²) in [5.41, 5.74) is 2.87. The SMILES string of the molecule is CC(C)(C)CC(C)(C)NC1=C(c2cccs2)NC(c2ccccc2)S1. The van der Waals surface area contributed by atoms with Crippen molar-refractivity contribution < 1.29 is 0 Å². The van der Waals surface area contributed by atoms with Gasteiger partial charge in [-0.05, 0) is 42.7 Å². The molecule has 2 heterocycles. The maximum Gasteiger partial charge on any atom is 0.104 e. The lowest BCUT2D eigenvalue weighted by atomic mass is 9.82. The number of nitrogens with one attached hydrogen (secondary N) is 2. The number of hydrogen-bond acceptors (Lipinski definition) is 4. The van der Waals surface area contributed by atoms with Crippen molar-refractivity contribution in [2.24, 2.45) is 5.41 Å². The summed E-state index contributed by atoms with van der Waals surface area (Å²) in [6.45, 7) is 11.5. The minimum Gasteiger partial charge on any atom is -0.373 e. The first-order chi connectivity index (χ1) is 11.7. The van der Waals surface area contributed by atoms with Crippen LogP contribution in [0.1, 0.15) is 56.9 Å². The third kappa shape index (κ3) is 4.83. The minimum atomic E-state index is 0.0380. The third-order valence-corrected chi connectivity index (χ3v) is 6.09. The van der Waals surface area contributed by atoms with Gasteiger partial charge in [-0.15, -0.1) is 11.3 Å². The van der Waals surface area contributed by atoms with Gasteiger partial charge in [-0.2, -0.15) is 0 Å². The van der Waals surface area contributed by atoms with E-state index >= 15 is 0 Å². The standard InChI is InChI=1S/C21H28N2S2/c1-20(2,3)14-21(4,5)23-19-17(16-12-9-13-24-16)22-18(25-19)15-10-7-6-8-11-15/h6-13,18,22-23H,14H2,1-5H3. The van der Waals surface area contributed by atoms with Gasteiger partial charge in [0.15, 0.2) is 0 Å². The highest BCUT2D eigenvalue weighted by atomic mass is 32.2. The molecule has 1 unspecified atom stereocenters. The summed E-state index contributed by atoms with van der Waals surface area (Å²) in [6.07, 6.45) is 1.11. The van der Waals surface area contributed by atoms with Crippen LogP contribution in [0.25, 0.3) is 5.70 Å². The summed E-state index contributed by atoms with van der Waals surface area (Å²) in [5.74, 6) is 0. The smallest absolute Gasteiger partial charge is 0.104 e. The van der Waals surface area contributed by atoms with Crippen molar-refractivity contribution in [2.75, 3.05) is 0 Å². The van der Waals surface area contributed by atoms with Gasteiger partial charge in [-0.1, -0.05) is 68.9 Å². The van der Waals surface area contributed by atoms with E-state index in [1.54, 1.807) is 11.3 Å². The Kier molecular flexibility index (Phi) is 5.21. The van der Waals surface area contributed by atoms with Crippen LogP contribution in [0.15, 0.2) is 52.9 Å². The van der Waals surface area contributed by atoms with Crippen LogP contribution in [0.3, 0.4) is 0 Å². The number of hydrogen-bond donors (Lipinski definition) is 2. The minimum absolute atomic E-state index is 0.0380. The van der Waals surface area contributed by atoms with Crippen LogP contribution in [-0.2, 0) is 0 Å². The van der Waals surface area contributed by atoms with Crippen molar-refractivity contribution in [1.29, 1.82) is 0 Å². The molecule has 0 fully saturated rings. The summed E-state index contributed by atoms with van der Waals surface area (Å²) >= 11 is 3.67. The fourth-order valence-electron chi connectivity index (χ4n) is 3.56. The molecule has 4 heteroatoms. The van der Waals surface area contributed by atoms with E-state index in [9.17, 15) is 0 Å². The zero-order valence-electron chi connectivity index (χ0n) is 15.7. The van der Waals surface area contributed by atoms with Crippen LogP contribution in [-0.4, -0.2) is 5.54 Å². The van der Waals surface area contributed by atoms with E-state index in [0.717, 1.165) is 6.42 Å². The summed E-state index contributed by atoms with van der Waals surface area (Å²) in [7, 11) is 0. The van der Waals surface area contributed by atoms with Crippen molar-refractivity contribution in [2.45, 2.75) is 52.0 Å². The Labute approximate surface area is 160 Å². The van der Waals surface area contributed by atoms with Crippen molar-refractivity contribution >= 4 is 28.8 Å². The van der Waals surface area contributed by atoms with Crippen LogP contribution in [0.5, 0.6) is 0 Å². The molecule has 0 amide bonds. The highest BCUT2D eigenvalue weighted by molar-refractivity contribution is 8.03. The van der Waals surface area contributed by atoms with Crippen molar-refractivity contribution in [3.8, 4) is 0 Å². The molecule has 0 bridgehead atoms. The summed E-state index contributed by atoms with van der Waals surface area (Å²) < 4.78 is 0. The molecular formula is C21H28N2S2. The van der Waals surface area contributed by atoms with Gasteiger partial charge in [0, 0.05) is 5.54 Å². The molecule has 0 radical (unpaired) electrons. The Hall–Kier alpha value is -1.39. The highest BCUT2D eigenvalue weighted by Gasteiger charge is 2.32. The maximum atomic E-state index is 3.84. The monoisotopic (exact) mass is 372 g/mol. The molecule has 3 rings (SSSR count). The molecule has 0 aliphatic carbocycles. The Morgan fingerprint density at radius 2 is 1.72 bits per heavy atom. The molecule has 2 nitrogen and oxygen atoms in total. The molecule has 0 saturated carbocycles. The molecule has 134 valence electrons. The fourth-order valence-corrected chi connectivity index (χ4v) is 5.69. The zero-order chi connectivity index (χ0) is 18.1. The van der Waals surface area contributed by atoms with Crippen LogP contribution in [0.4, 0.5) is 0 Å². The maximum absolute atomic E-state index is 3.84. The number of benzene rings is 1. The van der Waals surface area contributed by atoms with Gasteiger partial charge < -0.3 is 10.6 Å². The van der Waals surface area contributed by atoms with Crippen molar-refractivity contribution in [1.82, 2.24) is 10.6 Å². The molecule has 1 aliphatic heterocycles. The largest absolute Gasteiger partial charge is 0.373 e.